The van der Waals surface area contributed by atoms with Crippen LogP contribution in [0.25, 0.3) is 0 Å². The molecular weight excluding hydrogens is 488 g/mol. The van der Waals surface area contributed by atoms with Gasteiger partial charge >= 0.3 is 0 Å². The van der Waals surface area contributed by atoms with Crippen LogP contribution in [0.15, 0.2) is 30.6 Å². The number of carbonyl (C=O) groups is 1. The average molecular weight is 517 g/mol. The second-order valence-electron chi connectivity index (χ2n) is 10.0. The first-order valence-corrected chi connectivity index (χ1v) is 13.9. The third kappa shape index (κ3) is 4.70. The van der Waals surface area contributed by atoms with Crippen LogP contribution in [0.4, 0.5) is 5.69 Å². The van der Waals surface area contributed by atoms with Crippen molar-refractivity contribution < 1.29 is 13.2 Å². The Morgan fingerprint density at radius 1 is 1.29 bits per heavy atom. The van der Waals surface area contributed by atoms with Crippen molar-refractivity contribution in [1.29, 1.82) is 5.26 Å². The lowest BCUT2D eigenvalue weighted by atomic mass is 9.73. The highest BCUT2D eigenvalue weighted by molar-refractivity contribution is 7.89. The number of benzene rings is 1. The third-order valence-electron chi connectivity index (χ3n) is 7.63. The molecule has 1 aromatic heterocycles. The van der Waals surface area contributed by atoms with Gasteiger partial charge in [-0.25, -0.2) is 13.1 Å². The van der Waals surface area contributed by atoms with Crippen LogP contribution in [0.5, 0.6) is 0 Å². The Morgan fingerprint density at radius 3 is 2.74 bits per heavy atom. The zero-order valence-corrected chi connectivity index (χ0v) is 21.2. The van der Waals surface area contributed by atoms with Gasteiger partial charge < -0.3 is 4.90 Å². The molecule has 0 unspecified atom stereocenters. The summed E-state index contributed by atoms with van der Waals surface area (Å²) < 4.78 is 27.9. The summed E-state index contributed by atoms with van der Waals surface area (Å²) in [6, 6.07) is 7.33. The quantitative estimate of drug-likeness (QED) is 0.604. The number of anilines is 1. The van der Waals surface area contributed by atoms with Gasteiger partial charge in [0.25, 0.3) is 0 Å². The monoisotopic (exact) mass is 516 g/mol. The molecule has 2 aliphatic heterocycles. The third-order valence-corrected chi connectivity index (χ3v) is 9.07. The lowest BCUT2D eigenvalue weighted by Gasteiger charge is -2.38. The van der Waals surface area contributed by atoms with E-state index in [2.05, 4.69) is 20.9 Å². The molecule has 5 rings (SSSR count). The number of likely N-dealkylation sites (tertiary alicyclic amines) is 1. The molecular formula is C24H29ClN6O3S. The molecule has 0 bridgehead atoms. The normalized spacial score (nSPS) is 23.8. The molecule has 0 atom stereocenters. The number of amides is 1. The standard InChI is InChI=1S/C24H29ClN6O3S/c1-29-22-3-2-19(25)12-21(22)24(23(29)32)4-7-30(8-5-24)14-18-13-27-31(16-18)15-17-10-20(11-17)28-35(33,34)9-6-26/h2-3,12-13,16-17,20,28H,4-5,7-11,14-15H2,1H3/t17-,20+. The van der Waals surface area contributed by atoms with Crippen LogP contribution in [0, 0.1) is 17.2 Å². The molecule has 2 aromatic rings. The topological polar surface area (TPSA) is 111 Å². The summed E-state index contributed by atoms with van der Waals surface area (Å²) in [7, 11) is -1.66. The number of fused-ring (bicyclic) bond motifs is 2. The van der Waals surface area contributed by atoms with Gasteiger partial charge in [0.1, 0.15) is 0 Å². The molecule has 3 aliphatic rings. The number of nitriles is 1. The second kappa shape index (κ2) is 9.21. The highest BCUT2D eigenvalue weighted by atomic mass is 35.5. The first kappa shape index (κ1) is 24.3. The van der Waals surface area contributed by atoms with Gasteiger partial charge in [-0.2, -0.15) is 10.4 Å². The maximum Gasteiger partial charge on any atom is 0.237 e. The van der Waals surface area contributed by atoms with Crippen molar-refractivity contribution in [2.75, 3.05) is 30.8 Å². The summed E-state index contributed by atoms with van der Waals surface area (Å²) in [5.41, 5.74) is 2.67. The number of piperidine rings is 1. The minimum atomic E-state index is -3.50. The van der Waals surface area contributed by atoms with Crippen molar-refractivity contribution in [2.45, 2.75) is 50.2 Å². The van der Waals surface area contributed by atoms with E-state index in [1.54, 1.807) is 11.0 Å². The highest BCUT2D eigenvalue weighted by Crippen LogP contribution is 2.48. The first-order valence-electron chi connectivity index (χ1n) is 11.9. The fourth-order valence-corrected chi connectivity index (χ4v) is 6.90. The van der Waals surface area contributed by atoms with Gasteiger partial charge in [-0.1, -0.05) is 11.6 Å². The number of sulfonamides is 1. The van der Waals surface area contributed by atoms with Crippen LogP contribution in [0.1, 0.15) is 36.8 Å². The predicted molar refractivity (Wildman–Crippen MR) is 132 cm³/mol. The molecule has 35 heavy (non-hydrogen) atoms. The van der Waals surface area contributed by atoms with E-state index in [0.717, 1.165) is 68.7 Å². The van der Waals surface area contributed by atoms with Gasteiger partial charge in [0.15, 0.2) is 5.75 Å². The lowest BCUT2D eigenvalue weighted by molar-refractivity contribution is -0.124. The molecule has 3 heterocycles. The van der Waals surface area contributed by atoms with Crippen LogP contribution in [-0.4, -0.2) is 60.9 Å². The van der Waals surface area contributed by atoms with Gasteiger partial charge in [-0.05, 0) is 68.5 Å². The Labute approximate surface area is 210 Å². The van der Waals surface area contributed by atoms with E-state index < -0.39 is 21.2 Å². The molecule has 2 fully saturated rings. The molecule has 1 aliphatic carbocycles. The number of hydrogen-bond acceptors (Lipinski definition) is 6. The summed E-state index contributed by atoms with van der Waals surface area (Å²) >= 11 is 6.27. The minimum absolute atomic E-state index is 0.0913. The SMILES string of the molecule is CN1C(=O)C2(CCN(Cc3cnn(C[C@H]4C[C@@H](NS(=O)(=O)CC#N)C4)c3)CC2)c2cc(Cl)ccc21. The summed E-state index contributed by atoms with van der Waals surface area (Å²) in [5.74, 6) is 0.0278. The van der Waals surface area contributed by atoms with Gasteiger partial charge in [-0.15, -0.1) is 0 Å². The maximum atomic E-state index is 13.2. The Balaban J connectivity index is 1.13. The summed E-state index contributed by atoms with van der Waals surface area (Å²) in [4.78, 5) is 17.3. The zero-order chi connectivity index (χ0) is 24.8. The van der Waals surface area contributed by atoms with Gasteiger partial charge in [-0.3, -0.25) is 14.4 Å². The highest BCUT2D eigenvalue weighted by Gasteiger charge is 2.51. The molecule has 1 N–H and O–H groups in total. The van der Waals surface area contributed by atoms with Gasteiger partial charge in [0.05, 0.1) is 17.7 Å². The van der Waals surface area contributed by atoms with Crippen molar-refractivity contribution >= 4 is 33.2 Å². The van der Waals surface area contributed by atoms with Crippen LogP contribution in [0.3, 0.4) is 0 Å². The first-order chi connectivity index (χ1) is 16.7. The number of hydrogen-bond donors (Lipinski definition) is 1. The van der Waals surface area contributed by atoms with Gasteiger partial charge in [0.2, 0.25) is 15.9 Å². The molecule has 1 aromatic carbocycles. The van der Waals surface area contributed by atoms with E-state index in [1.807, 2.05) is 36.1 Å². The maximum absolute atomic E-state index is 13.2. The largest absolute Gasteiger partial charge is 0.314 e. The zero-order valence-electron chi connectivity index (χ0n) is 19.7. The summed E-state index contributed by atoms with van der Waals surface area (Å²) in [5, 5.41) is 13.8. The van der Waals surface area contributed by atoms with E-state index >= 15 is 0 Å². The van der Waals surface area contributed by atoms with Crippen molar-refractivity contribution in [3.63, 3.8) is 0 Å². The molecule has 1 amide bonds. The number of aromatic nitrogens is 2. The Kier molecular flexibility index (Phi) is 6.38. The second-order valence-corrected chi connectivity index (χ2v) is 12.2. The number of halogens is 1. The molecule has 186 valence electrons. The minimum Gasteiger partial charge on any atom is -0.314 e. The number of nitrogens with one attached hydrogen (secondary N) is 1. The van der Waals surface area contributed by atoms with Crippen molar-refractivity contribution in [3.8, 4) is 6.07 Å². The molecule has 1 saturated heterocycles. The molecule has 1 saturated carbocycles. The summed E-state index contributed by atoms with van der Waals surface area (Å²) in [6.45, 7) is 3.18. The number of likely N-dealkylation sites (N-methyl/N-ethyl adjacent to an activating group) is 1. The Bertz CT molecular complexity index is 1270. The number of rotatable bonds is 7. The van der Waals surface area contributed by atoms with E-state index in [4.69, 9.17) is 16.9 Å². The Hall–Kier alpha value is -2.45. The van der Waals surface area contributed by atoms with Gasteiger partial charge in [0, 0.05) is 48.6 Å². The van der Waals surface area contributed by atoms with Crippen LogP contribution >= 0.6 is 11.6 Å². The van der Waals surface area contributed by atoms with E-state index in [-0.39, 0.29) is 11.9 Å². The van der Waals surface area contributed by atoms with E-state index in [0.29, 0.717) is 10.9 Å². The Morgan fingerprint density at radius 2 is 2.03 bits per heavy atom. The van der Waals surface area contributed by atoms with Crippen molar-refractivity contribution in [3.05, 3.63) is 46.7 Å². The molecule has 11 heteroatoms. The van der Waals surface area contributed by atoms with Crippen molar-refractivity contribution in [2.24, 2.45) is 5.92 Å². The fraction of sp³-hybridized carbons (Fsp3) is 0.542. The summed E-state index contributed by atoms with van der Waals surface area (Å²) in [6.07, 6.45) is 6.98. The predicted octanol–water partition coefficient (Wildman–Crippen LogP) is 2.27. The smallest absolute Gasteiger partial charge is 0.237 e. The van der Waals surface area contributed by atoms with E-state index in [1.165, 1.54) is 0 Å². The lowest BCUT2D eigenvalue weighted by Crippen LogP contribution is -2.47. The van der Waals surface area contributed by atoms with Crippen LogP contribution in [0.2, 0.25) is 5.02 Å². The molecule has 1 spiro atoms. The number of nitrogens with zero attached hydrogens (tertiary/aromatic N) is 5. The molecule has 9 nitrogen and oxygen atoms in total. The van der Waals surface area contributed by atoms with Crippen LogP contribution < -0.4 is 9.62 Å². The van der Waals surface area contributed by atoms with E-state index in [9.17, 15) is 13.2 Å². The average Bonchev–Trinajstić information content (AvgIpc) is 3.30. The number of carbonyl (C=O) groups excluding carboxylic acids is 1. The van der Waals surface area contributed by atoms with Crippen molar-refractivity contribution in [1.82, 2.24) is 19.4 Å². The molecule has 0 radical (unpaired) electrons. The fourth-order valence-electron chi connectivity index (χ4n) is 5.78. The van der Waals surface area contributed by atoms with Crippen LogP contribution in [-0.2, 0) is 33.3 Å².